The van der Waals surface area contributed by atoms with Crippen molar-refractivity contribution in [3.8, 4) is 0 Å². The van der Waals surface area contributed by atoms with Gasteiger partial charge in [0.15, 0.2) is 0 Å². The number of nitrogens with one attached hydrogen (secondary N) is 1. The monoisotopic (exact) mass is 265 g/mol. The van der Waals surface area contributed by atoms with Crippen LogP contribution in [-0.4, -0.2) is 22.2 Å². The lowest BCUT2D eigenvalue weighted by atomic mass is 10.1. The molecule has 0 amide bonds. The van der Waals surface area contributed by atoms with Crippen LogP contribution in [0.15, 0.2) is 18.2 Å². The number of nitrogens with zero attached hydrogens (tertiary/aromatic N) is 1. The number of hydrogen-bond donors (Lipinski definition) is 3. The SMILES string of the molecule is Nc1cccc(NC2CCCCCC2O)c1[N+](=O)[O-]. The van der Waals surface area contributed by atoms with Crippen molar-refractivity contribution in [2.75, 3.05) is 11.1 Å². The summed E-state index contributed by atoms with van der Waals surface area (Å²) < 4.78 is 0. The van der Waals surface area contributed by atoms with Crippen LogP contribution in [0, 0.1) is 10.1 Å². The Morgan fingerprint density at radius 1 is 1.32 bits per heavy atom. The summed E-state index contributed by atoms with van der Waals surface area (Å²) in [5, 5.41) is 24.2. The maximum atomic E-state index is 11.1. The molecule has 19 heavy (non-hydrogen) atoms. The van der Waals surface area contributed by atoms with Gasteiger partial charge in [0.1, 0.15) is 11.4 Å². The molecule has 0 heterocycles. The Labute approximate surface area is 111 Å². The predicted octanol–water partition coefficient (Wildman–Crippen LogP) is 2.28. The molecule has 1 aromatic carbocycles. The van der Waals surface area contributed by atoms with Gasteiger partial charge in [-0.2, -0.15) is 0 Å². The first-order valence-corrected chi connectivity index (χ1v) is 6.57. The number of aliphatic hydroxyl groups excluding tert-OH is 1. The van der Waals surface area contributed by atoms with E-state index in [-0.39, 0.29) is 17.4 Å². The van der Waals surface area contributed by atoms with E-state index in [1.807, 2.05) is 0 Å². The van der Waals surface area contributed by atoms with Crippen molar-refractivity contribution < 1.29 is 10.0 Å². The van der Waals surface area contributed by atoms with Crippen molar-refractivity contribution in [2.45, 2.75) is 44.2 Å². The van der Waals surface area contributed by atoms with E-state index >= 15 is 0 Å². The van der Waals surface area contributed by atoms with Gasteiger partial charge in [-0.05, 0) is 25.0 Å². The third-order valence-electron chi connectivity index (χ3n) is 3.57. The molecule has 0 aromatic heterocycles. The van der Waals surface area contributed by atoms with Crippen LogP contribution in [0.5, 0.6) is 0 Å². The Bertz CT molecular complexity index is 464. The lowest BCUT2D eigenvalue weighted by Crippen LogP contribution is -2.32. The summed E-state index contributed by atoms with van der Waals surface area (Å²) in [6.45, 7) is 0. The molecule has 0 aliphatic heterocycles. The predicted molar refractivity (Wildman–Crippen MR) is 74.0 cm³/mol. The van der Waals surface area contributed by atoms with Crippen molar-refractivity contribution in [1.29, 1.82) is 0 Å². The molecule has 1 aliphatic carbocycles. The van der Waals surface area contributed by atoms with Gasteiger partial charge in [-0.15, -0.1) is 0 Å². The van der Waals surface area contributed by atoms with E-state index in [4.69, 9.17) is 5.73 Å². The van der Waals surface area contributed by atoms with Crippen LogP contribution in [0.4, 0.5) is 17.1 Å². The number of aliphatic hydroxyl groups is 1. The number of rotatable bonds is 3. The molecule has 6 heteroatoms. The maximum absolute atomic E-state index is 11.1. The smallest absolute Gasteiger partial charge is 0.314 e. The van der Waals surface area contributed by atoms with Crippen molar-refractivity contribution in [3.63, 3.8) is 0 Å². The second kappa shape index (κ2) is 5.88. The lowest BCUT2D eigenvalue weighted by molar-refractivity contribution is -0.383. The van der Waals surface area contributed by atoms with Crippen LogP contribution in [-0.2, 0) is 0 Å². The highest BCUT2D eigenvalue weighted by molar-refractivity contribution is 5.74. The summed E-state index contributed by atoms with van der Waals surface area (Å²) >= 11 is 0. The zero-order valence-electron chi connectivity index (χ0n) is 10.7. The largest absolute Gasteiger partial charge is 0.393 e. The molecule has 1 aromatic rings. The normalized spacial score (nSPS) is 23.6. The minimum absolute atomic E-state index is 0.112. The lowest BCUT2D eigenvalue weighted by Gasteiger charge is -2.22. The highest BCUT2D eigenvalue weighted by Crippen LogP contribution is 2.32. The molecule has 0 saturated heterocycles. The zero-order valence-corrected chi connectivity index (χ0v) is 10.7. The van der Waals surface area contributed by atoms with Crippen LogP contribution < -0.4 is 11.1 Å². The van der Waals surface area contributed by atoms with E-state index in [1.54, 1.807) is 12.1 Å². The molecule has 0 spiro atoms. The summed E-state index contributed by atoms with van der Waals surface area (Å²) in [5.74, 6) is 0. The highest BCUT2D eigenvalue weighted by Gasteiger charge is 2.25. The zero-order chi connectivity index (χ0) is 13.8. The van der Waals surface area contributed by atoms with Crippen LogP contribution in [0.2, 0.25) is 0 Å². The van der Waals surface area contributed by atoms with Crippen LogP contribution in [0.25, 0.3) is 0 Å². The van der Waals surface area contributed by atoms with Gasteiger partial charge in [0.05, 0.1) is 17.1 Å². The molecule has 2 rings (SSSR count). The fourth-order valence-corrected chi connectivity index (χ4v) is 2.54. The summed E-state index contributed by atoms with van der Waals surface area (Å²) in [6, 6.07) is 4.66. The summed E-state index contributed by atoms with van der Waals surface area (Å²) in [5.41, 5.74) is 6.06. The van der Waals surface area contributed by atoms with E-state index in [9.17, 15) is 15.2 Å². The number of nitrogens with two attached hydrogens (primary N) is 1. The molecule has 1 fully saturated rings. The van der Waals surface area contributed by atoms with Crippen LogP contribution >= 0.6 is 0 Å². The van der Waals surface area contributed by atoms with Crippen molar-refractivity contribution in [1.82, 2.24) is 0 Å². The third kappa shape index (κ3) is 3.14. The van der Waals surface area contributed by atoms with Gasteiger partial charge in [-0.1, -0.05) is 25.3 Å². The molecule has 104 valence electrons. The first kappa shape index (κ1) is 13.6. The van der Waals surface area contributed by atoms with E-state index in [0.29, 0.717) is 5.69 Å². The summed E-state index contributed by atoms with van der Waals surface area (Å²) in [4.78, 5) is 10.6. The molecular weight excluding hydrogens is 246 g/mol. The minimum Gasteiger partial charge on any atom is -0.393 e. The number of anilines is 2. The highest BCUT2D eigenvalue weighted by atomic mass is 16.6. The van der Waals surface area contributed by atoms with E-state index in [1.165, 1.54) is 6.07 Å². The first-order chi connectivity index (χ1) is 9.09. The molecule has 0 bridgehead atoms. The first-order valence-electron chi connectivity index (χ1n) is 6.57. The fraction of sp³-hybridized carbons (Fsp3) is 0.538. The number of benzene rings is 1. The van der Waals surface area contributed by atoms with Gasteiger partial charge in [0.25, 0.3) is 0 Å². The average molecular weight is 265 g/mol. The number of nitrogen functional groups attached to an aromatic ring is 1. The van der Waals surface area contributed by atoms with Gasteiger partial charge in [0.2, 0.25) is 0 Å². The fourth-order valence-electron chi connectivity index (χ4n) is 2.54. The summed E-state index contributed by atoms with van der Waals surface area (Å²) in [7, 11) is 0. The Morgan fingerprint density at radius 3 is 2.79 bits per heavy atom. The van der Waals surface area contributed by atoms with Gasteiger partial charge >= 0.3 is 5.69 Å². The van der Waals surface area contributed by atoms with Crippen LogP contribution in [0.3, 0.4) is 0 Å². The Hall–Kier alpha value is -1.82. The van der Waals surface area contributed by atoms with E-state index in [2.05, 4.69) is 5.32 Å². The van der Waals surface area contributed by atoms with E-state index in [0.717, 1.165) is 32.1 Å². The van der Waals surface area contributed by atoms with Crippen molar-refractivity contribution in [3.05, 3.63) is 28.3 Å². The van der Waals surface area contributed by atoms with Crippen LogP contribution in [0.1, 0.15) is 32.1 Å². The third-order valence-corrected chi connectivity index (χ3v) is 3.57. The number of nitro benzene ring substituents is 1. The molecule has 4 N–H and O–H groups in total. The summed E-state index contributed by atoms with van der Waals surface area (Å²) in [6.07, 6.45) is 4.18. The number of hydrogen-bond acceptors (Lipinski definition) is 5. The average Bonchev–Trinajstić information content (AvgIpc) is 2.54. The molecule has 6 nitrogen and oxygen atoms in total. The second-order valence-corrected chi connectivity index (χ2v) is 4.96. The Balaban J connectivity index is 2.22. The quantitative estimate of drug-likeness (QED) is 0.337. The maximum Gasteiger partial charge on any atom is 0.314 e. The van der Waals surface area contributed by atoms with Gasteiger partial charge in [0, 0.05) is 0 Å². The molecule has 1 aliphatic rings. The Kier molecular flexibility index (Phi) is 4.21. The standard InChI is InChI=1S/C13H19N3O3/c14-9-5-4-7-11(13(9)16(18)19)15-10-6-2-1-3-8-12(10)17/h4-5,7,10,12,15,17H,1-3,6,8,14H2. The Morgan fingerprint density at radius 2 is 2.05 bits per heavy atom. The van der Waals surface area contributed by atoms with E-state index < -0.39 is 11.0 Å². The van der Waals surface area contributed by atoms with Crippen molar-refractivity contribution in [2.24, 2.45) is 0 Å². The molecule has 1 saturated carbocycles. The van der Waals surface area contributed by atoms with Gasteiger partial charge < -0.3 is 16.2 Å². The minimum atomic E-state index is -0.485. The second-order valence-electron chi connectivity index (χ2n) is 4.96. The molecular formula is C13H19N3O3. The molecule has 0 radical (unpaired) electrons. The van der Waals surface area contributed by atoms with Gasteiger partial charge in [-0.3, -0.25) is 10.1 Å². The van der Waals surface area contributed by atoms with Crippen molar-refractivity contribution >= 4 is 17.1 Å². The number of nitro groups is 1. The molecule has 2 unspecified atom stereocenters. The number of para-hydroxylation sites is 1. The topological polar surface area (TPSA) is 101 Å². The molecule has 2 atom stereocenters. The van der Waals surface area contributed by atoms with Gasteiger partial charge in [-0.25, -0.2) is 0 Å².